The zero-order valence-corrected chi connectivity index (χ0v) is 14.1. The maximum Gasteiger partial charge on any atom is 0.525 e. The molecule has 6 heteroatoms. The quantitative estimate of drug-likeness (QED) is 0.798. The Morgan fingerprint density at radius 1 is 1.18 bits per heavy atom. The number of benzene rings is 1. The van der Waals surface area contributed by atoms with E-state index in [2.05, 4.69) is 5.32 Å². The second-order valence-corrected chi connectivity index (χ2v) is 7.26. The number of hydrogen-bond donors (Lipinski definition) is 1. The molecule has 1 aromatic rings. The summed E-state index contributed by atoms with van der Waals surface area (Å²) >= 11 is 6.07. The van der Waals surface area contributed by atoms with Gasteiger partial charge in [-0.25, -0.2) is 4.39 Å². The number of halogens is 2. The van der Waals surface area contributed by atoms with Crippen LogP contribution in [0.2, 0.25) is 5.02 Å². The number of fused-ring (bicyclic) bond motifs is 1. The van der Waals surface area contributed by atoms with E-state index in [-0.39, 0.29) is 5.73 Å². The van der Waals surface area contributed by atoms with Gasteiger partial charge in [-0.3, -0.25) is 0 Å². The van der Waals surface area contributed by atoms with E-state index < -0.39 is 18.3 Å². The molecule has 118 valence electrons. The van der Waals surface area contributed by atoms with E-state index in [4.69, 9.17) is 20.9 Å². The van der Waals surface area contributed by atoms with E-state index in [1.807, 2.05) is 39.8 Å². The van der Waals surface area contributed by atoms with Gasteiger partial charge in [-0.2, -0.15) is 0 Å². The fourth-order valence-corrected chi connectivity index (χ4v) is 2.88. The summed E-state index contributed by atoms with van der Waals surface area (Å²) in [4.78, 5) is 0. The van der Waals surface area contributed by atoms with E-state index >= 15 is 4.39 Å². The van der Waals surface area contributed by atoms with E-state index in [0.717, 1.165) is 11.1 Å². The topological polar surface area (TPSA) is 30.5 Å². The first-order valence-electron chi connectivity index (χ1n) is 7.45. The molecule has 3 rings (SSSR count). The van der Waals surface area contributed by atoms with Gasteiger partial charge in [0.2, 0.25) is 0 Å². The summed E-state index contributed by atoms with van der Waals surface area (Å²) < 4.78 is 26.7. The summed E-state index contributed by atoms with van der Waals surface area (Å²) in [5, 5.41) is 3.80. The standard InChI is InChI=1S/C16H20BClFNO2/c1-15(2)16(3,4)22-17(21-15)14(19)13-9-20-8-10-5-6-11(18)7-12(10)13/h5-7,20H,8-9H2,1-4H3. The van der Waals surface area contributed by atoms with Crippen LogP contribution in [0.4, 0.5) is 4.39 Å². The first-order chi connectivity index (χ1) is 10.2. The highest BCUT2D eigenvalue weighted by Crippen LogP contribution is 2.41. The second kappa shape index (κ2) is 5.34. The van der Waals surface area contributed by atoms with Crippen LogP contribution in [0.3, 0.4) is 0 Å². The van der Waals surface area contributed by atoms with Crippen LogP contribution in [0, 0.1) is 0 Å². The number of nitrogens with one attached hydrogen (secondary N) is 1. The lowest BCUT2D eigenvalue weighted by atomic mass is 9.81. The predicted octanol–water partition coefficient (Wildman–Crippen LogP) is 3.76. The molecule has 0 aliphatic carbocycles. The fourth-order valence-electron chi connectivity index (χ4n) is 2.70. The Morgan fingerprint density at radius 3 is 2.45 bits per heavy atom. The molecule has 22 heavy (non-hydrogen) atoms. The summed E-state index contributed by atoms with van der Waals surface area (Å²) in [6.45, 7) is 8.78. The van der Waals surface area contributed by atoms with Crippen molar-refractivity contribution in [1.82, 2.24) is 5.32 Å². The maximum atomic E-state index is 15.0. The summed E-state index contributed by atoms with van der Waals surface area (Å²) in [6.07, 6.45) is 0. The van der Waals surface area contributed by atoms with Gasteiger partial charge in [-0.05, 0) is 51.0 Å². The van der Waals surface area contributed by atoms with Crippen molar-refractivity contribution in [3.8, 4) is 0 Å². The number of rotatable bonds is 1. The molecule has 1 fully saturated rings. The molecular formula is C16H20BClFNO2. The van der Waals surface area contributed by atoms with Gasteiger partial charge in [0, 0.05) is 23.7 Å². The Bertz CT molecular complexity index is 629. The normalized spacial score (nSPS) is 25.1. The SMILES string of the molecule is CC1(C)OB(C(F)=C2CNCc3ccc(Cl)cc32)OC1(C)C. The lowest BCUT2D eigenvalue weighted by Gasteiger charge is -2.32. The Kier molecular flexibility index (Phi) is 3.88. The van der Waals surface area contributed by atoms with Gasteiger partial charge in [0.15, 0.2) is 0 Å². The summed E-state index contributed by atoms with van der Waals surface area (Å²) in [5.74, 6) is 0. The van der Waals surface area contributed by atoms with Crippen molar-refractivity contribution in [2.75, 3.05) is 6.54 Å². The van der Waals surface area contributed by atoms with E-state index in [0.29, 0.717) is 23.7 Å². The van der Waals surface area contributed by atoms with Crippen molar-refractivity contribution in [3.05, 3.63) is 40.1 Å². The van der Waals surface area contributed by atoms with Crippen molar-refractivity contribution in [1.29, 1.82) is 0 Å². The molecule has 0 bridgehead atoms. The first kappa shape index (κ1) is 16.0. The highest BCUT2D eigenvalue weighted by molar-refractivity contribution is 6.55. The fraction of sp³-hybridized carbons (Fsp3) is 0.500. The van der Waals surface area contributed by atoms with Gasteiger partial charge in [-0.1, -0.05) is 17.7 Å². The van der Waals surface area contributed by atoms with Crippen LogP contribution >= 0.6 is 11.6 Å². The average Bonchev–Trinajstić information content (AvgIpc) is 2.66. The van der Waals surface area contributed by atoms with Crippen LogP contribution < -0.4 is 5.32 Å². The van der Waals surface area contributed by atoms with Crippen LogP contribution in [0.15, 0.2) is 23.9 Å². The highest BCUT2D eigenvalue weighted by Gasteiger charge is 2.53. The van der Waals surface area contributed by atoms with E-state index in [9.17, 15) is 0 Å². The number of hydrogen-bond acceptors (Lipinski definition) is 3. The zero-order valence-electron chi connectivity index (χ0n) is 13.3. The molecule has 2 aliphatic heterocycles. The molecule has 1 aromatic carbocycles. The van der Waals surface area contributed by atoms with Crippen molar-refractivity contribution < 1.29 is 13.7 Å². The molecule has 0 spiro atoms. The molecule has 0 aromatic heterocycles. The molecular weight excluding hydrogens is 303 g/mol. The van der Waals surface area contributed by atoms with Gasteiger partial charge < -0.3 is 14.6 Å². The smallest absolute Gasteiger partial charge is 0.398 e. The van der Waals surface area contributed by atoms with Crippen molar-refractivity contribution in [3.63, 3.8) is 0 Å². The van der Waals surface area contributed by atoms with Crippen LogP contribution in [0.25, 0.3) is 5.57 Å². The third-order valence-electron chi connectivity index (χ3n) is 4.76. The van der Waals surface area contributed by atoms with E-state index in [1.54, 1.807) is 6.07 Å². The van der Waals surface area contributed by atoms with Crippen molar-refractivity contribution in [2.24, 2.45) is 0 Å². The first-order valence-corrected chi connectivity index (χ1v) is 7.83. The van der Waals surface area contributed by atoms with Crippen LogP contribution in [0.1, 0.15) is 38.8 Å². The molecule has 1 N–H and O–H groups in total. The lowest BCUT2D eigenvalue weighted by Crippen LogP contribution is -2.41. The summed E-state index contributed by atoms with van der Waals surface area (Å²) in [6, 6.07) is 5.54. The van der Waals surface area contributed by atoms with Gasteiger partial charge in [0.05, 0.1) is 11.2 Å². The largest absolute Gasteiger partial charge is 0.525 e. The molecule has 0 amide bonds. The van der Waals surface area contributed by atoms with Crippen molar-refractivity contribution in [2.45, 2.75) is 45.4 Å². The predicted molar refractivity (Wildman–Crippen MR) is 87.3 cm³/mol. The Balaban J connectivity index is 2.01. The zero-order chi connectivity index (χ0) is 16.1. The summed E-state index contributed by atoms with van der Waals surface area (Å²) in [7, 11) is -0.980. The lowest BCUT2D eigenvalue weighted by molar-refractivity contribution is 0.00578. The molecule has 0 unspecified atom stereocenters. The summed E-state index contributed by atoms with van der Waals surface area (Å²) in [5.41, 5.74) is 0.913. The van der Waals surface area contributed by atoms with Gasteiger partial charge in [-0.15, -0.1) is 0 Å². The van der Waals surface area contributed by atoms with Gasteiger partial charge in [0.25, 0.3) is 0 Å². The molecule has 2 heterocycles. The molecule has 2 aliphatic rings. The van der Waals surface area contributed by atoms with Crippen LogP contribution in [-0.2, 0) is 15.9 Å². The molecule has 0 saturated carbocycles. The average molecular weight is 324 g/mol. The Labute approximate surface area is 136 Å². The Hall–Kier alpha value is -0.875. The molecule has 3 nitrogen and oxygen atoms in total. The second-order valence-electron chi connectivity index (χ2n) is 6.82. The minimum Gasteiger partial charge on any atom is -0.398 e. The van der Waals surface area contributed by atoms with Crippen LogP contribution in [-0.4, -0.2) is 24.9 Å². The molecule has 0 radical (unpaired) electrons. The monoisotopic (exact) mass is 323 g/mol. The van der Waals surface area contributed by atoms with Gasteiger partial charge in [0.1, 0.15) is 5.73 Å². The van der Waals surface area contributed by atoms with Gasteiger partial charge >= 0.3 is 7.12 Å². The third kappa shape index (κ3) is 2.60. The van der Waals surface area contributed by atoms with E-state index in [1.165, 1.54) is 0 Å². The highest BCUT2D eigenvalue weighted by atomic mass is 35.5. The maximum absolute atomic E-state index is 15.0. The van der Waals surface area contributed by atoms with Crippen LogP contribution in [0.5, 0.6) is 0 Å². The van der Waals surface area contributed by atoms with Crippen molar-refractivity contribution >= 4 is 24.3 Å². The molecule has 1 saturated heterocycles. The molecule has 0 atom stereocenters. The Morgan fingerprint density at radius 2 is 1.82 bits per heavy atom. The minimum atomic E-state index is -0.980. The minimum absolute atomic E-state index is 0.380. The third-order valence-corrected chi connectivity index (χ3v) is 5.00.